The molecule has 1 aromatic carbocycles. The zero-order valence-electron chi connectivity index (χ0n) is 12.6. The van der Waals surface area contributed by atoms with Crippen molar-refractivity contribution in [3.8, 4) is 0 Å². The lowest BCUT2D eigenvalue weighted by atomic mass is 9.76. The highest BCUT2D eigenvalue weighted by atomic mass is 15.0. The third-order valence-corrected chi connectivity index (χ3v) is 4.75. The molecule has 0 spiro atoms. The van der Waals surface area contributed by atoms with Crippen LogP contribution in [-0.2, 0) is 0 Å². The molecular formula is C18H20N4. The number of benzene rings is 1. The van der Waals surface area contributed by atoms with Crippen LogP contribution in [0.15, 0.2) is 42.9 Å². The molecule has 3 aromatic rings. The molecule has 4 nitrogen and oxygen atoms in total. The standard InChI is InChI=1S/C18H20N4/c1-3-7-13(8-4-1)16(14-9-5-2-6-10-14)18-21-15-11-19-12-20-17(15)22-18/h1,3-4,7-8,11-12,14,16H,2,5-6,9-10H2,(H,19,20,21,22). The van der Waals surface area contributed by atoms with Crippen molar-refractivity contribution in [3.63, 3.8) is 0 Å². The normalized spacial score (nSPS) is 17.6. The molecular weight excluding hydrogens is 272 g/mol. The van der Waals surface area contributed by atoms with E-state index in [9.17, 15) is 0 Å². The van der Waals surface area contributed by atoms with Crippen LogP contribution in [-0.4, -0.2) is 19.9 Å². The fourth-order valence-electron chi connectivity index (χ4n) is 3.71. The summed E-state index contributed by atoms with van der Waals surface area (Å²) in [6, 6.07) is 10.8. The summed E-state index contributed by atoms with van der Waals surface area (Å²) < 4.78 is 0. The zero-order valence-corrected chi connectivity index (χ0v) is 12.6. The Balaban J connectivity index is 1.78. The summed E-state index contributed by atoms with van der Waals surface area (Å²) in [7, 11) is 0. The topological polar surface area (TPSA) is 54.5 Å². The van der Waals surface area contributed by atoms with Crippen LogP contribution >= 0.6 is 0 Å². The van der Waals surface area contributed by atoms with E-state index in [0.717, 1.165) is 17.0 Å². The molecule has 0 aliphatic heterocycles. The lowest BCUT2D eigenvalue weighted by Crippen LogP contribution is -2.18. The average Bonchev–Trinajstić information content (AvgIpc) is 3.00. The van der Waals surface area contributed by atoms with Crippen molar-refractivity contribution in [2.24, 2.45) is 5.92 Å². The van der Waals surface area contributed by atoms with Gasteiger partial charge in [0.1, 0.15) is 17.7 Å². The van der Waals surface area contributed by atoms with E-state index in [1.807, 2.05) is 6.20 Å². The molecule has 22 heavy (non-hydrogen) atoms. The lowest BCUT2D eigenvalue weighted by molar-refractivity contribution is 0.322. The molecule has 4 heteroatoms. The Morgan fingerprint density at radius 2 is 1.86 bits per heavy atom. The Labute approximate surface area is 130 Å². The number of rotatable bonds is 3. The SMILES string of the molecule is c1ccc(C(c2nc3ncncc3[nH]2)C2CCCCC2)cc1. The molecule has 0 amide bonds. The maximum Gasteiger partial charge on any atom is 0.180 e. The van der Waals surface area contributed by atoms with Crippen molar-refractivity contribution < 1.29 is 0 Å². The number of nitrogens with one attached hydrogen (secondary N) is 1. The minimum absolute atomic E-state index is 0.329. The van der Waals surface area contributed by atoms with E-state index in [-0.39, 0.29) is 0 Å². The minimum atomic E-state index is 0.329. The second kappa shape index (κ2) is 5.87. The van der Waals surface area contributed by atoms with Gasteiger partial charge >= 0.3 is 0 Å². The second-order valence-electron chi connectivity index (χ2n) is 6.17. The van der Waals surface area contributed by atoms with E-state index in [0.29, 0.717) is 11.8 Å². The molecule has 1 N–H and O–H groups in total. The molecule has 1 aliphatic rings. The highest BCUT2D eigenvalue weighted by Gasteiger charge is 2.29. The van der Waals surface area contributed by atoms with Gasteiger partial charge in [-0.15, -0.1) is 0 Å². The van der Waals surface area contributed by atoms with Gasteiger partial charge in [0.25, 0.3) is 0 Å². The van der Waals surface area contributed by atoms with Crippen molar-refractivity contribution >= 4 is 11.2 Å². The molecule has 1 atom stereocenters. The van der Waals surface area contributed by atoms with E-state index in [1.54, 1.807) is 6.33 Å². The van der Waals surface area contributed by atoms with Crippen LogP contribution in [0.5, 0.6) is 0 Å². The van der Waals surface area contributed by atoms with E-state index in [4.69, 9.17) is 4.98 Å². The molecule has 2 heterocycles. The Morgan fingerprint density at radius 1 is 1.05 bits per heavy atom. The third-order valence-electron chi connectivity index (χ3n) is 4.75. The maximum absolute atomic E-state index is 4.76. The van der Waals surface area contributed by atoms with Gasteiger partial charge in [-0.05, 0) is 24.3 Å². The van der Waals surface area contributed by atoms with Crippen LogP contribution in [0.2, 0.25) is 0 Å². The zero-order chi connectivity index (χ0) is 14.8. The monoisotopic (exact) mass is 292 g/mol. The predicted octanol–water partition coefficient (Wildman–Crippen LogP) is 4.07. The number of hydrogen-bond acceptors (Lipinski definition) is 3. The highest BCUT2D eigenvalue weighted by Crippen LogP contribution is 2.39. The van der Waals surface area contributed by atoms with Crippen LogP contribution in [0.1, 0.15) is 49.4 Å². The average molecular weight is 292 g/mol. The van der Waals surface area contributed by atoms with Gasteiger partial charge in [0.2, 0.25) is 0 Å². The molecule has 0 radical (unpaired) electrons. The fourth-order valence-corrected chi connectivity index (χ4v) is 3.71. The molecule has 2 aromatic heterocycles. The molecule has 1 unspecified atom stereocenters. The Morgan fingerprint density at radius 3 is 2.64 bits per heavy atom. The van der Waals surface area contributed by atoms with E-state index >= 15 is 0 Å². The van der Waals surface area contributed by atoms with Gasteiger partial charge in [-0.1, -0.05) is 49.6 Å². The minimum Gasteiger partial charge on any atom is -0.339 e. The number of H-pyrrole nitrogens is 1. The van der Waals surface area contributed by atoms with E-state index < -0.39 is 0 Å². The van der Waals surface area contributed by atoms with Crippen LogP contribution < -0.4 is 0 Å². The van der Waals surface area contributed by atoms with Gasteiger partial charge in [0.05, 0.1) is 6.20 Å². The van der Waals surface area contributed by atoms with Gasteiger partial charge in [-0.2, -0.15) is 0 Å². The van der Waals surface area contributed by atoms with Gasteiger partial charge in [0.15, 0.2) is 5.65 Å². The predicted molar refractivity (Wildman–Crippen MR) is 86.5 cm³/mol. The smallest absolute Gasteiger partial charge is 0.180 e. The Kier molecular flexibility index (Phi) is 3.59. The molecule has 1 saturated carbocycles. The number of hydrogen-bond donors (Lipinski definition) is 1. The Hall–Kier alpha value is -2.23. The number of imidazole rings is 1. The van der Waals surface area contributed by atoms with Crippen molar-refractivity contribution in [1.29, 1.82) is 0 Å². The largest absolute Gasteiger partial charge is 0.339 e. The summed E-state index contributed by atoms with van der Waals surface area (Å²) in [6.45, 7) is 0. The number of aromatic nitrogens is 4. The summed E-state index contributed by atoms with van der Waals surface area (Å²) in [4.78, 5) is 16.6. The van der Waals surface area contributed by atoms with Crippen LogP contribution in [0.3, 0.4) is 0 Å². The first-order valence-corrected chi connectivity index (χ1v) is 8.12. The van der Waals surface area contributed by atoms with Crippen molar-refractivity contribution in [2.75, 3.05) is 0 Å². The third kappa shape index (κ3) is 2.49. The van der Waals surface area contributed by atoms with Crippen LogP contribution in [0.25, 0.3) is 11.2 Å². The molecule has 4 rings (SSSR count). The summed E-state index contributed by atoms with van der Waals surface area (Å²) in [5.74, 6) is 2.02. The highest BCUT2D eigenvalue weighted by molar-refractivity contribution is 5.69. The van der Waals surface area contributed by atoms with E-state index in [1.165, 1.54) is 37.7 Å². The first-order chi connectivity index (χ1) is 10.9. The van der Waals surface area contributed by atoms with Gasteiger partial charge in [-0.3, -0.25) is 0 Å². The lowest BCUT2D eigenvalue weighted by Gasteiger charge is -2.29. The van der Waals surface area contributed by atoms with E-state index in [2.05, 4.69) is 45.3 Å². The van der Waals surface area contributed by atoms with Crippen molar-refractivity contribution in [3.05, 3.63) is 54.2 Å². The number of nitrogens with zero attached hydrogens (tertiary/aromatic N) is 3. The van der Waals surface area contributed by atoms with Gasteiger partial charge in [-0.25, -0.2) is 15.0 Å². The van der Waals surface area contributed by atoms with Crippen LogP contribution in [0.4, 0.5) is 0 Å². The summed E-state index contributed by atoms with van der Waals surface area (Å²) in [5.41, 5.74) is 3.04. The number of fused-ring (bicyclic) bond motifs is 1. The molecule has 1 fully saturated rings. The summed E-state index contributed by atoms with van der Waals surface area (Å²) in [5, 5.41) is 0. The summed E-state index contributed by atoms with van der Waals surface area (Å²) >= 11 is 0. The molecule has 0 bridgehead atoms. The molecule has 1 aliphatic carbocycles. The second-order valence-corrected chi connectivity index (χ2v) is 6.17. The molecule has 0 saturated heterocycles. The first kappa shape index (κ1) is 13.4. The van der Waals surface area contributed by atoms with Crippen molar-refractivity contribution in [1.82, 2.24) is 19.9 Å². The Bertz CT molecular complexity index is 711. The van der Waals surface area contributed by atoms with Crippen molar-refractivity contribution in [2.45, 2.75) is 38.0 Å². The first-order valence-electron chi connectivity index (χ1n) is 8.12. The van der Waals surface area contributed by atoms with Gasteiger partial charge < -0.3 is 4.98 Å². The molecule has 112 valence electrons. The fraction of sp³-hybridized carbons (Fsp3) is 0.389. The van der Waals surface area contributed by atoms with Gasteiger partial charge in [0, 0.05) is 5.92 Å². The maximum atomic E-state index is 4.76. The summed E-state index contributed by atoms with van der Waals surface area (Å²) in [6.07, 6.45) is 9.95. The number of aromatic amines is 1. The van der Waals surface area contributed by atoms with Crippen LogP contribution in [0, 0.1) is 5.92 Å². The quantitative estimate of drug-likeness (QED) is 0.792.